The smallest absolute Gasteiger partial charge is 0.231 e. The Hall–Kier alpha value is -1.68. The van der Waals surface area contributed by atoms with Gasteiger partial charge in [-0.2, -0.15) is 4.98 Å². The second-order valence-corrected chi connectivity index (χ2v) is 5.13. The molecule has 0 aliphatic carbocycles. The SMILES string of the molecule is CCNC(CC)C(C)c1nc(-c2ccccc2C)no1. The summed E-state index contributed by atoms with van der Waals surface area (Å²) in [6.45, 7) is 9.42. The predicted octanol–water partition coefficient (Wildman–Crippen LogP) is 3.54. The Bertz CT molecular complexity index is 550. The molecule has 0 aliphatic rings. The number of hydrogen-bond donors (Lipinski definition) is 1. The number of nitrogens with zero attached hydrogens (tertiary/aromatic N) is 2. The first-order valence-corrected chi connectivity index (χ1v) is 7.30. The number of nitrogens with one attached hydrogen (secondary N) is 1. The molecule has 0 spiro atoms. The van der Waals surface area contributed by atoms with Gasteiger partial charge in [0.1, 0.15) is 0 Å². The Labute approximate surface area is 120 Å². The fraction of sp³-hybridized carbons (Fsp3) is 0.500. The fourth-order valence-electron chi connectivity index (χ4n) is 2.46. The lowest BCUT2D eigenvalue weighted by Gasteiger charge is -2.20. The fourth-order valence-corrected chi connectivity index (χ4v) is 2.46. The van der Waals surface area contributed by atoms with Crippen molar-refractivity contribution in [3.8, 4) is 11.4 Å². The van der Waals surface area contributed by atoms with E-state index in [9.17, 15) is 0 Å². The summed E-state index contributed by atoms with van der Waals surface area (Å²) in [7, 11) is 0. The van der Waals surface area contributed by atoms with E-state index in [1.165, 1.54) is 0 Å². The van der Waals surface area contributed by atoms with E-state index in [1.807, 2.05) is 18.2 Å². The van der Waals surface area contributed by atoms with Crippen LogP contribution < -0.4 is 5.32 Å². The first-order valence-electron chi connectivity index (χ1n) is 7.30. The molecule has 0 fully saturated rings. The van der Waals surface area contributed by atoms with Crippen LogP contribution in [-0.2, 0) is 0 Å². The van der Waals surface area contributed by atoms with Crippen molar-refractivity contribution in [2.75, 3.05) is 6.54 Å². The molecule has 2 rings (SSSR count). The third-order valence-corrected chi connectivity index (χ3v) is 3.73. The second kappa shape index (κ2) is 6.66. The van der Waals surface area contributed by atoms with Crippen molar-refractivity contribution in [1.29, 1.82) is 0 Å². The van der Waals surface area contributed by atoms with Gasteiger partial charge in [0.2, 0.25) is 11.7 Å². The van der Waals surface area contributed by atoms with Gasteiger partial charge in [0.15, 0.2) is 0 Å². The summed E-state index contributed by atoms with van der Waals surface area (Å²) in [6, 6.07) is 8.46. The van der Waals surface area contributed by atoms with Crippen LogP contribution in [0.3, 0.4) is 0 Å². The molecule has 0 saturated carbocycles. The highest BCUT2D eigenvalue weighted by molar-refractivity contribution is 5.58. The van der Waals surface area contributed by atoms with Gasteiger partial charge in [0, 0.05) is 11.6 Å². The lowest BCUT2D eigenvalue weighted by atomic mass is 9.99. The van der Waals surface area contributed by atoms with Crippen molar-refractivity contribution in [3.63, 3.8) is 0 Å². The molecule has 4 nitrogen and oxygen atoms in total. The molecule has 0 saturated heterocycles. The Kier molecular flexibility index (Phi) is 4.90. The number of rotatable bonds is 6. The highest BCUT2D eigenvalue weighted by Crippen LogP contribution is 2.24. The maximum atomic E-state index is 5.46. The normalized spacial score (nSPS) is 14.2. The minimum Gasteiger partial charge on any atom is -0.339 e. The molecular weight excluding hydrogens is 250 g/mol. The molecule has 2 aromatic rings. The van der Waals surface area contributed by atoms with E-state index in [0.29, 0.717) is 17.8 Å². The molecule has 20 heavy (non-hydrogen) atoms. The molecule has 1 N–H and O–H groups in total. The maximum absolute atomic E-state index is 5.46. The summed E-state index contributed by atoms with van der Waals surface area (Å²) in [6.07, 6.45) is 1.04. The Balaban J connectivity index is 2.22. The largest absolute Gasteiger partial charge is 0.339 e. The summed E-state index contributed by atoms with van der Waals surface area (Å²) < 4.78 is 5.46. The first kappa shape index (κ1) is 14.7. The van der Waals surface area contributed by atoms with Crippen LogP contribution in [0.2, 0.25) is 0 Å². The van der Waals surface area contributed by atoms with E-state index in [4.69, 9.17) is 4.52 Å². The van der Waals surface area contributed by atoms with Crippen molar-refractivity contribution < 1.29 is 4.52 Å². The number of likely N-dealkylation sites (N-methyl/N-ethyl adjacent to an activating group) is 1. The van der Waals surface area contributed by atoms with Crippen LogP contribution in [0.5, 0.6) is 0 Å². The van der Waals surface area contributed by atoms with Crippen molar-refractivity contribution in [1.82, 2.24) is 15.5 Å². The minimum absolute atomic E-state index is 0.213. The van der Waals surface area contributed by atoms with Gasteiger partial charge in [-0.3, -0.25) is 0 Å². The highest BCUT2D eigenvalue weighted by Gasteiger charge is 2.22. The summed E-state index contributed by atoms with van der Waals surface area (Å²) in [5.74, 6) is 1.59. The topological polar surface area (TPSA) is 51.0 Å². The van der Waals surface area contributed by atoms with E-state index >= 15 is 0 Å². The summed E-state index contributed by atoms with van der Waals surface area (Å²) in [5, 5.41) is 7.59. The van der Waals surface area contributed by atoms with Gasteiger partial charge in [-0.05, 0) is 25.5 Å². The van der Waals surface area contributed by atoms with Crippen molar-refractivity contribution in [2.24, 2.45) is 0 Å². The molecule has 0 radical (unpaired) electrons. The third-order valence-electron chi connectivity index (χ3n) is 3.73. The monoisotopic (exact) mass is 273 g/mol. The van der Waals surface area contributed by atoms with Gasteiger partial charge in [0.25, 0.3) is 0 Å². The zero-order valence-electron chi connectivity index (χ0n) is 12.7. The number of benzene rings is 1. The molecule has 1 heterocycles. The molecule has 0 aliphatic heterocycles. The van der Waals surface area contributed by atoms with Crippen LogP contribution in [0.4, 0.5) is 0 Å². The summed E-state index contributed by atoms with van der Waals surface area (Å²) >= 11 is 0. The van der Waals surface area contributed by atoms with Crippen LogP contribution in [0.25, 0.3) is 11.4 Å². The molecule has 4 heteroatoms. The van der Waals surface area contributed by atoms with Crippen LogP contribution in [0.15, 0.2) is 28.8 Å². The molecular formula is C16H23N3O. The van der Waals surface area contributed by atoms with Gasteiger partial charge in [0.05, 0.1) is 5.92 Å². The number of aryl methyl sites for hydroxylation is 1. The van der Waals surface area contributed by atoms with Gasteiger partial charge >= 0.3 is 0 Å². The molecule has 1 aromatic heterocycles. The minimum atomic E-state index is 0.213. The molecule has 1 aromatic carbocycles. The van der Waals surface area contributed by atoms with Crippen LogP contribution in [0.1, 0.15) is 44.6 Å². The third kappa shape index (κ3) is 3.07. The summed E-state index contributed by atoms with van der Waals surface area (Å²) in [4.78, 5) is 4.57. The standard InChI is InChI=1S/C16H23N3O/c1-5-14(17-6-2)12(4)16-18-15(19-20-16)13-10-8-7-9-11(13)3/h7-10,12,14,17H,5-6H2,1-4H3. The van der Waals surface area contributed by atoms with Crippen LogP contribution >= 0.6 is 0 Å². The predicted molar refractivity (Wildman–Crippen MR) is 80.6 cm³/mol. The Morgan fingerprint density at radius 3 is 2.65 bits per heavy atom. The average molecular weight is 273 g/mol. The van der Waals surface area contributed by atoms with Crippen LogP contribution in [0, 0.1) is 6.92 Å². The zero-order chi connectivity index (χ0) is 14.5. The van der Waals surface area contributed by atoms with Crippen LogP contribution in [-0.4, -0.2) is 22.7 Å². The average Bonchev–Trinajstić information content (AvgIpc) is 2.94. The molecule has 2 unspecified atom stereocenters. The quantitative estimate of drug-likeness (QED) is 0.874. The van der Waals surface area contributed by atoms with Gasteiger partial charge in [-0.25, -0.2) is 0 Å². The molecule has 0 amide bonds. The zero-order valence-corrected chi connectivity index (χ0v) is 12.7. The van der Waals surface area contributed by atoms with Gasteiger partial charge in [-0.15, -0.1) is 0 Å². The molecule has 108 valence electrons. The van der Waals surface area contributed by atoms with Gasteiger partial charge < -0.3 is 9.84 Å². The Morgan fingerprint density at radius 1 is 1.25 bits per heavy atom. The van der Waals surface area contributed by atoms with E-state index in [1.54, 1.807) is 0 Å². The van der Waals surface area contributed by atoms with E-state index in [2.05, 4.69) is 49.2 Å². The first-order chi connectivity index (χ1) is 9.67. The van der Waals surface area contributed by atoms with Gasteiger partial charge in [-0.1, -0.05) is 50.2 Å². The molecule has 0 bridgehead atoms. The Morgan fingerprint density at radius 2 is 2.00 bits per heavy atom. The highest BCUT2D eigenvalue weighted by atomic mass is 16.5. The lowest BCUT2D eigenvalue weighted by molar-refractivity contribution is 0.321. The van der Waals surface area contributed by atoms with Crippen molar-refractivity contribution in [2.45, 2.75) is 46.1 Å². The summed E-state index contributed by atoms with van der Waals surface area (Å²) in [5.41, 5.74) is 2.19. The van der Waals surface area contributed by atoms with Crippen molar-refractivity contribution >= 4 is 0 Å². The molecule has 2 atom stereocenters. The number of hydrogen-bond acceptors (Lipinski definition) is 4. The van der Waals surface area contributed by atoms with E-state index in [0.717, 1.165) is 24.1 Å². The second-order valence-electron chi connectivity index (χ2n) is 5.13. The van der Waals surface area contributed by atoms with Crippen molar-refractivity contribution in [3.05, 3.63) is 35.7 Å². The van der Waals surface area contributed by atoms with E-state index < -0.39 is 0 Å². The lowest BCUT2D eigenvalue weighted by Crippen LogP contribution is -2.33. The van der Waals surface area contributed by atoms with E-state index in [-0.39, 0.29) is 5.92 Å². The maximum Gasteiger partial charge on any atom is 0.231 e. The number of aromatic nitrogens is 2.